The van der Waals surface area contributed by atoms with Crippen LogP contribution in [-0.2, 0) is 6.54 Å². The van der Waals surface area contributed by atoms with Crippen LogP contribution in [0.15, 0.2) is 41.5 Å². The Labute approximate surface area is 107 Å². The van der Waals surface area contributed by atoms with Gasteiger partial charge in [0.2, 0.25) is 5.65 Å². The molecular formula is C13H8N5O+. The van der Waals surface area contributed by atoms with E-state index in [0.29, 0.717) is 5.71 Å². The third-order valence-electron chi connectivity index (χ3n) is 3.53. The Bertz CT molecular complexity index is 952. The molecule has 0 radical (unpaired) electrons. The van der Waals surface area contributed by atoms with Gasteiger partial charge in [0.15, 0.2) is 0 Å². The van der Waals surface area contributed by atoms with E-state index in [9.17, 15) is 0 Å². The van der Waals surface area contributed by atoms with E-state index in [2.05, 4.69) is 19.5 Å². The Morgan fingerprint density at radius 2 is 2.16 bits per heavy atom. The number of fused-ring (bicyclic) bond motifs is 7. The molecule has 5 heterocycles. The molecule has 1 aliphatic heterocycles. The zero-order chi connectivity index (χ0) is 12.4. The molecule has 0 aliphatic carbocycles. The maximum Gasteiger partial charge on any atom is 0.355 e. The van der Waals surface area contributed by atoms with E-state index in [1.807, 2.05) is 22.9 Å². The largest absolute Gasteiger partial charge is 0.395 e. The van der Waals surface area contributed by atoms with Gasteiger partial charge in [0, 0.05) is 18.0 Å². The number of aromatic nitrogens is 5. The number of rotatable bonds is 0. The van der Waals surface area contributed by atoms with Crippen molar-refractivity contribution in [3.05, 3.63) is 42.6 Å². The second kappa shape index (κ2) is 2.97. The summed E-state index contributed by atoms with van der Waals surface area (Å²) in [6, 6.07) is 1.98. The first kappa shape index (κ1) is 9.21. The molecule has 1 aliphatic rings. The predicted octanol–water partition coefficient (Wildman–Crippen LogP) is 1.19. The highest BCUT2D eigenvalue weighted by Crippen LogP contribution is 2.30. The van der Waals surface area contributed by atoms with Crippen molar-refractivity contribution in [3.63, 3.8) is 0 Å². The Hall–Kier alpha value is -2.76. The van der Waals surface area contributed by atoms with Gasteiger partial charge in [-0.2, -0.15) is 14.0 Å². The monoisotopic (exact) mass is 250 g/mol. The van der Waals surface area contributed by atoms with E-state index in [1.165, 1.54) is 5.56 Å². The number of hydrogen-bond donors (Lipinski definition) is 0. The summed E-state index contributed by atoms with van der Waals surface area (Å²) in [4.78, 5) is 12.7. The summed E-state index contributed by atoms with van der Waals surface area (Å²) in [6.07, 6.45) is 9.04. The average Bonchev–Trinajstić information content (AvgIpc) is 3.05. The summed E-state index contributed by atoms with van der Waals surface area (Å²) in [7, 11) is 0. The molecular weight excluding hydrogens is 242 g/mol. The van der Waals surface area contributed by atoms with E-state index in [0.717, 1.165) is 29.3 Å². The van der Waals surface area contributed by atoms with Gasteiger partial charge in [-0.1, -0.05) is 0 Å². The van der Waals surface area contributed by atoms with Crippen molar-refractivity contribution >= 4 is 17.0 Å². The van der Waals surface area contributed by atoms with Crippen LogP contribution in [0.3, 0.4) is 0 Å². The molecule has 0 aromatic carbocycles. The second-order valence-corrected chi connectivity index (χ2v) is 4.57. The van der Waals surface area contributed by atoms with E-state index in [1.54, 1.807) is 18.6 Å². The molecule has 0 fully saturated rings. The molecule has 0 unspecified atom stereocenters. The molecule has 90 valence electrons. The van der Waals surface area contributed by atoms with Gasteiger partial charge < -0.3 is 4.42 Å². The maximum absolute atomic E-state index is 5.90. The summed E-state index contributed by atoms with van der Waals surface area (Å²) in [6.45, 7) is 0.765. The Balaban J connectivity index is 1.94. The molecule has 0 spiro atoms. The van der Waals surface area contributed by atoms with Crippen molar-refractivity contribution in [1.29, 1.82) is 0 Å². The van der Waals surface area contributed by atoms with Gasteiger partial charge in [0.1, 0.15) is 12.7 Å². The summed E-state index contributed by atoms with van der Waals surface area (Å²) < 4.78 is 10.0. The molecule has 0 N–H and O–H groups in total. The first-order valence-electron chi connectivity index (χ1n) is 5.99. The SMILES string of the molecule is c1cc2c(cn1)C[n+]1c-2oc2nc3cnccn3c21. The molecule has 0 saturated heterocycles. The molecule has 0 amide bonds. The fourth-order valence-electron chi connectivity index (χ4n) is 2.71. The zero-order valence-electron chi connectivity index (χ0n) is 9.82. The van der Waals surface area contributed by atoms with Crippen LogP contribution in [0.4, 0.5) is 0 Å². The third-order valence-corrected chi connectivity index (χ3v) is 3.53. The van der Waals surface area contributed by atoms with Crippen molar-refractivity contribution < 1.29 is 8.98 Å². The first-order chi connectivity index (χ1) is 9.42. The minimum atomic E-state index is 0.644. The normalized spacial score (nSPS) is 13.1. The lowest BCUT2D eigenvalue weighted by Crippen LogP contribution is -2.31. The molecule has 0 atom stereocenters. The number of nitrogens with zero attached hydrogens (tertiary/aromatic N) is 5. The highest BCUT2D eigenvalue weighted by Gasteiger charge is 2.33. The first-order valence-corrected chi connectivity index (χ1v) is 5.99. The molecule has 19 heavy (non-hydrogen) atoms. The van der Waals surface area contributed by atoms with E-state index < -0.39 is 0 Å². The average molecular weight is 250 g/mol. The fourth-order valence-corrected chi connectivity index (χ4v) is 2.71. The van der Waals surface area contributed by atoms with Gasteiger partial charge in [0.05, 0.1) is 18.0 Å². The highest BCUT2D eigenvalue weighted by molar-refractivity contribution is 5.72. The van der Waals surface area contributed by atoms with Gasteiger partial charge in [-0.3, -0.25) is 9.97 Å². The number of hydrogen-bond acceptors (Lipinski definition) is 4. The summed E-state index contributed by atoms with van der Waals surface area (Å²) in [5.74, 6) is 0.848. The van der Waals surface area contributed by atoms with E-state index >= 15 is 0 Å². The third kappa shape index (κ3) is 1.02. The highest BCUT2D eigenvalue weighted by atomic mass is 16.4. The number of pyridine rings is 1. The summed E-state index contributed by atoms with van der Waals surface area (Å²) in [5, 5.41) is 0. The van der Waals surface area contributed by atoms with Crippen LogP contribution in [0.25, 0.3) is 28.5 Å². The smallest absolute Gasteiger partial charge is 0.355 e. The standard InChI is InChI=1S/C13H8N5O/c1-2-14-5-8-7-18-12-11(19-13(18)9(1)8)16-10-6-15-3-4-17(10)12/h1-6H,7H2/q+1. The van der Waals surface area contributed by atoms with E-state index in [4.69, 9.17) is 4.42 Å². The zero-order valence-corrected chi connectivity index (χ0v) is 9.82. The Morgan fingerprint density at radius 3 is 3.16 bits per heavy atom. The van der Waals surface area contributed by atoms with Crippen molar-refractivity contribution in [1.82, 2.24) is 19.4 Å². The number of imidazole rings is 1. The molecule has 4 aromatic rings. The van der Waals surface area contributed by atoms with Crippen molar-refractivity contribution in [2.24, 2.45) is 0 Å². The second-order valence-electron chi connectivity index (χ2n) is 4.57. The number of oxazole rings is 1. The van der Waals surface area contributed by atoms with Crippen LogP contribution in [0.1, 0.15) is 5.56 Å². The van der Waals surface area contributed by atoms with Gasteiger partial charge in [-0.15, -0.1) is 0 Å². The lowest BCUT2D eigenvalue weighted by atomic mass is 10.2. The van der Waals surface area contributed by atoms with Crippen molar-refractivity contribution in [2.75, 3.05) is 0 Å². The Kier molecular flexibility index (Phi) is 1.44. The van der Waals surface area contributed by atoms with Crippen LogP contribution in [0, 0.1) is 0 Å². The molecule has 0 saturated carbocycles. The summed E-state index contributed by atoms with van der Waals surface area (Å²) >= 11 is 0. The van der Waals surface area contributed by atoms with Crippen LogP contribution < -0.4 is 4.57 Å². The van der Waals surface area contributed by atoms with Gasteiger partial charge in [0.25, 0.3) is 5.89 Å². The molecule has 6 nitrogen and oxygen atoms in total. The molecule has 6 heteroatoms. The van der Waals surface area contributed by atoms with Gasteiger partial charge in [-0.05, 0) is 6.07 Å². The topological polar surface area (TPSA) is 60.1 Å². The predicted molar refractivity (Wildman–Crippen MR) is 65.3 cm³/mol. The maximum atomic E-state index is 5.90. The molecule has 0 bridgehead atoms. The van der Waals surface area contributed by atoms with Crippen LogP contribution >= 0.6 is 0 Å². The summed E-state index contributed by atoms with van der Waals surface area (Å²) in [5.41, 5.74) is 4.66. The van der Waals surface area contributed by atoms with E-state index in [-0.39, 0.29) is 0 Å². The lowest BCUT2D eigenvalue weighted by Gasteiger charge is -1.90. The van der Waals surface area contributed by atoms with Crippen LogP contribution in [0.2, 0.25) is 0 Å². The lowest BCUT2D eigenvalue weighted by molar-refractivity contribution is -0.651. The quantitative estimate of drug-likeness (QED) is 0.387. The van der Waals surface area contributed by atoms with Crippen LogP contribution in [-0.4, -0.2) is 19.4 Å². The minimum absolute atomic E-state index is 0.644. The molecule has 5 rings (SSSR count). The van der Waals surface area contributed by atoms with Crippen LogP contribution in [0.5, 0.6) is 0 Å². The fraction of sp³-hybridized carbons (Fsp3) is 0.0769. The van der Waals surface area contributed by atoms with Gasteiger partial charge in [-0.25, -0.2) is 0 Å². The van der Waals surface area contributed by atoms with Crippen molar-refractivity contribution in [2.45, 2.75) is 6.54 Å². The van der Waals surface area contributed by atoms with Crippen molar-refractivity contribution in [3.8, 4) is 11.5 Å². The minimum Gasteiger partial charge on any atom is -0.395 e. The Morgan fingerprint density at radius 1 is 1.21 bits per heavy atom. The molecule has 4 aromatic heterocycles. The van der Waals surface area contributed by atoms with Gasteiger partial charge >= 0.3 is 11.4 Å².